The molecule has 2 N–H and O–H groups in total. The molecule has 0 fully saturated rings. The maximum absolute atomic E-state index is 14.1. The molecule has 0 spiro atoms. The summed E-state index contributed by atoms with van der Waals surface area (Å²) in [6.07, 6.45) is 2.91. The average molecular weight is 619 g/mol. The van der Waals surface area contributed by atoms with Crippen molar-refractivity contribution in [3.63, 3.8) is 0 Å². The van der Waals surface area contributed by atoms with Crippen LogP contribution in [0.2, 0.25) is 0 Å². The van der Waals surface area contributed by atoms with Crippen LogP contribution in [0, 0.1) is 5.82 Å². The Labute approximate surface area is 244 Å². The van der Waals surface area contributed by atoms with Crippen molar-refractivity contribution in [2.45, 2.75) is 32.5 Å². The number of fused-ring (bicyclic) bond motifs is 1. The Morgan fingerprint density at radius 2 is 1.76 bits per heavy atom. The molecule has 0 aliphatic carbocycles. The van der Waals surface area contributed by atoms with Crippen molar-refractivity contribution in [2.75, 3.05) is 17.3 Å². The summed E-state index contributed by atoms with van der Waals surface area (Å²) in [7, 11) is 1.30. The normalized spacial score (nSPS) is 11.8. The number of anilines is 2. The Bertz CT molecular complexity index is 1680. The van der Waals surface area contributed by atoms with Gasteiger partial charge in [-0.25, -0.2) is 14.2 Å². The number of hydrogen-bond acceptors (Lipinski definition) is 7. The van der Waals surface area contributed by atoms with Gasteiger partial charge >= 0.3 is 5.97 Å². The van der Waals surface area contributed by atoms with Crippen molar-refractivity contribution in [3.8, 4) is 0 Å². The van der Waals surface area contributed by atoms with E-state index in [-0.39, 0.29) is 16.8 Å². The average Bonchev–Trinajstić information content (AvgIpc) is 3.41. The Hall–Kier alpha value is -4.51. The second-order valence-corrected chi connectivity index (χ2v) is 10.2. The van der Waals surface area contributed by atoms with E-state index in [4.69, 9.17) is 9.72 Å². The van der Waals surface area contributed by atoms with Gasteiger partial charge in [0.1, 0.15) is 21.7 Å². The third-order valence-electron chi connectivity index (χ3n) is 6.70. The summed E-state index contributed by atoms with van der Waals surface area (Å²) in [4.78, 5) is 34.6. The molecule has 0 unspecified atom stereocenters. The highest BCUT2D eigenvalue weighted by atomic mass is 79.9. The van der Waals surface area contributed by atoms with Crippen molar-refractivity contribution in [1.29, 1.82) is 0 Å². The molecule has 0 bridgehead atoms. The number of carbonyl (C=O) groups is 1. The number of aromatic amines is 1. The van der Waals surface area contributed by atoms with E-state index in [2.05, 4.69) is 36.2 Å². The predicted molar refractivity (Wildman–Crippen MR) is 158 cm³/mol. The number of nitrogens with zero attached hydrogens (tertiary/aromatic N) is 4. The molecule has 2 aromatic carbocycles. The zero-order valence-corrected chi connectivity index (χ0v) is 24.1. The van der Waals surface area contributed by atoms with Gasteiger partial charge in [-0.1, -0.05) is 67.6 Å². The molecule has 3 heterocycles. The van der Waals surface area contributed by atoms with Crippen molar-refractivity contribution in [2.24, 2.45) is 0 Å². The molecule has 0 aliphatic rings. The van der Waals surface area contributed by atoms with Crippen molar-refractivity contribution >= 4 is 39.2 Å². The fourth-order valence-corrected chi connectivity index (χ4v) is 5.31. The fraction of sp³-hybridized carbons (Fsp3) is 0.200. The van der Waals surface area contributed by atoms with Crippen molar-refractivity contribution < 1.29 is 13.9 Å². The van der Waals surface area contributed by atoms with E-state index in [9.17, 15) is 14.0 Å². The summed E-state index contributed by atoms with van der Waals surface area (Å²) in [5.41, 5.74) is 2.40. The summed E-state index contributed by atoms with van der Waals surface area (Å²) >= 11 is 3.75. The van der Waals surface area contributed by atoms with E-state index in [0.717, 1.165) is 17.3 Å². The molecule has 1 atom stereocenters. The predicted octanol–water partition coefficient (Wildman–Crippen LogP) is 5.88. The molecule has 3 aromatic heterocycles. The Kier molecular flexibility index (Phi) is 8.44. The molecule has 11 heteroatoms. The first-order valence-electron chi connectivity index (χ1n) is 13.0. The first kappa shape index (κ1) is 28.0. The Balaban J connectivity index is 1.69. The van der Waals surface area contributed by atoms with Gasteiger partial charge in [0, 0.05) is 24.8 Å². The van der Waals surface area contributed by atoms with Gasteiger partial charge in [0.15, 0.2) is 11.5 Å². The first-order valence-corrected chi connectivity index (χ1v) is 13.8. The number of H-pyrrole nitrogens is 1. The number of hydrogen-bond donors (Lipinski definition) is 2. The van der Waals surface area contributed by atoms with Crippen LogP contribution in [0.5, 0.6) is 0 Å². The SMILES string of the molecule is CC[C@@H](Nc1nc2c(C(=O)OC)cnn2c(N(Cc2ccccc2)Cc2ccccc2)c1Br)c1cc(F)c[nH]c1=O. The first-order chi connectivity index (χ1) is 19.9. The lowest BCUT2D eigenvalue weighted by molar-refractivity contribution is 0.0602. The molecule has 5 aromatic rings. The topological polar surface area (TPSA) is 105 Å². The Morgan fingerprint density at radius 1 is 1.12 bits per heavy atom. The fourth-order valence-electron chi connectivity index (χ4n) is 4.69. The molecule has 0 saturated carbocycles. The number of esters is 1. The second-order valence-electron chi connectivity index (χ2n) is 9.42. The van der Waals surface area contributed by atoms with Gasteiger partial charge < -0.3 is 19.9 Å². The van der Waals surface area contributed by atoms with Gasteiger partial charge in [-0.3, -0.25) is 4.79 Å². The van der Waals surface area contributed by atoms with Crippen LogP contribution >= 0.6 is 15.9 Å². The van der Waals surface area contributed by atoms with Crippen LogP contribution in [0.4, 0.5) is 16.0 Å². The lowest BCUT2D eigenvalue weighted by atomic mass is 10.1. The van der Waals surface area contributed by atoms with Gasteiger partial charge in [0.2, 0.25) is 0 Å². The van der Waals surface area contributed by atoms with Crippen LogP contribution in [0.15, 0.2) is 88.4 Å². The van der Waals surface area contributed by atoms with Gasteiger partial charge in [0.25, 0.3) is 5.56 Å². The van der Waals surface area contributed by atoms with Gasteiger partial charge in [-0.15, -0.1) is 0 Å². The standard InChI is InChI=1S/C30H28BrFN6O3/c1-3-24(22-14-21(32)15-33-28(22)39)35-26-25(31)29(38-27(36-26)23(16-34-38)30(40)41-2)37(17-19-10-6-4-7-11-19)18-20-12-8-5-9-13-20/h4-16,24H,3,17-18H2,1-2H3,(H,33,39)(H,35,36)/t24-/m1/s1. The molecule has 0 amide bonds. The van der Waals surface area contributed by atoms with Crippen LogP contribution in [0.1, 0.15) is 46.4 Å². The van der Waals surface area contributed by atoms with E-state index in [1.807, 2.05) is 67.6 Å². The van der Waals surface area contributed by atoms with Crippen LogP contribution < -0.4 is 15.8 Å². The number of benzene rings is 2. The molecule has 0 saturated heterocycles. The van der Waals surface area contributed by atoms with Gasteiger partial charge in [-0.2, -0.15) is 9.61 Å². The van der Waals surface area contributed by atoms with Gasteiger partial charge in [0.05, 0.1) is 19.3 Å². The number of ether oxygens (including phenoxy) is 1. The highest BCUT2D eigenvalue weighted by Crippen LogP contribution is 2.37. The zero-order chi connectivity index (χ0) is 28.9. The highest BCUT2D eigenvalue weighted by Gasteiger charge is 2.26. The van der Waals surface area contributed by atoms with Crippen LogP contribution in [-0.4, -0.2) is 32.7 Å². The smallest absolute Gasteiger partial charge is 0.343 e. The van der Waals surface area contributed by atoms with E-state index in [1.54, 1.807) is 4.52 Å². The number of nitrogens with one attached hydrogen (secondary N) is 2. The molecule has 0 aliphatic heterocycles. The summed E-state index contributed by atoms with van der Waals surface area (Å²) in [5, 5.41) is 7.83. The summed E-state index contributed by atoms with van der Waals surface area (Å²) < 4.78 is 21.3. The maximum atomic E-state index is 14.1. The summed E-state index contributed by atoms with van der Waals surface area (Å²) in [6, 6.07) is 20.6. The van der Waals surface area contributed by atoms with Crippen LogP contribution in [0.3, 0.4) is 0 Å². The number of pyridine rings is 1. The van der Waals surface area contributed by atoms with Gasteiger partial charge in [-0.05, 0) is 39.5 Å². The largest absolute Gasteiger partial charge is 0.465 e. The minimum Gasteiger partial charge on any atom is -0.465 e. The molecule has 41 heavy (non-hydrogen) atoms. The van der Waals surface area contributed by atoms with Crippen molar-refractivity contribution in [1.82, 2.24) is 19.6 Å². The Morgan fingerprint density at radius 3 is 2.34 bits per heavy atom. The zero-order valence-electron chi connectivity index (χ0n) is 22.5. The number of carbonyl (C=O) groups excluding carboxylic acids is 1. The number of halogens is 2. The molecular weight excluding hydrogens is 591 g/mol. The summed E-state index contributed by atoms with van der Waals surface area (Å²) in [6.45, 7) is 2.91. The molecular formula is C30H28BrFN6O3. The van der Waals surface area contributed by atoms with Crippen LogP contribution in [0.25, 0.3) is 5.65 Å². The van der Waals surface area contributed by atoms with Crippen molar-refractivity contribution in [3.05, 3.63) is 122 Å². The molecule has 0 radical (unpaired) electrons. The lowest BCUT2D eigenvalue weighted by Crippen LogP contribution is -2.27. The second kappa shape index (κ2) is 12.3. The quantitative estimate of drug-likeness (QED) is 0.188. The molecule has 210 valence electrons. The molecule has 5 rings (SSSR count). The summed E-state index contributed by atoms with van der Waals surface area (Å²) in [5.74, 6) is -0.148. The monoisotopic (exact) mass is 618 g/mol. The maximum Gasteiger partial charge on any atom is 0.343 e. The van der Waals surface area contributed by atoms with E-state index in [1.165, 1.54) is 19.4 Å². The lowest BCUT2D eigenvalue weighted by Gasteiger charge is -2.28. The number of methoxy groups -OCH3 is 1. The number of rotatable bonds is 10. The minimum absolute atomic E-state index is 0.181. The third-order valence-corrected chi connectivity index (χ3v) is 7.43. The third kappa shape index (κ3) is 5.99. The number of aromatic nitrogens is 4. The van der Waals surface area contributed by atoms with E-state index >= 15 is 0 Å². The van der Waals surface area contributed by atoms with E-state index < -0.39 is 23.4 Å². The minimum atomic E-state index is -0.585. The van der Waals surface area contributed by atoms with E-state index in [0.29, 0.717) is 35.6 Å². The highest BCUT2D eigenvalue weighted by molar-refractivity contribution is 9.10. The molecule has 9 nitrogen and oxygen atoms in total. The van der Waals surface area contributed by atoms with Crippen LogP contribution in [-0.2, 0) is 17.8 Å².